The largest absolute Gasteiger partial charge is 0.497 e. The van der Waals surface area contributed by atoms with E-state index in [0.29, 0.717) is 25.3 Å². The highest BCUT2D eigenvalue weighted by atomic mass is 16.5. The number of hydrogen-bond acceptors (Lipinski definition) is 4. The van der Waals surface area contributed by atoms with Crippen LogP contribution in [0.5, 0.6) is 5.75 Å². The molecule has 3 amide bonds. The van der Waals surface area contributed by atoms with Crippen molar-refractivity contribution >= 4 is 17.6 Å². The van der Waals surface area contributed by atoms with E-state index in [1.54, 1.807) is 31.1 Å². The molecule has 25 heavy (non-hydrogen) atoms. The number of aromatic nitrogens is 2. The van der Waals surface area contributed by atoms with E-state index in [4.69, 9.17) is 4.74 Å². The second-order valence-electron chi connectivity index (χ2n) is 5.87. The second kappa shape index (κ2) is 7.25. The maximum atomic E-state index is 12.3. The Hall–Kier alpha value is -3.03. The average molecular weight is 343 g/mol. The number of urea groups is 1. The number of nitrogens with zero attached hydrogens (tertiary/aromatic N) is 3. The van der Waals surface area contributed by atoms with E-state index in [1.165, 1.54) is 4.90 Å². The first-order valence-electron chi connectivity index (χ1n) is 8.07. The summed E-state index contributed by atoms with van der Waals surface area (Å²) in [6.07, 6.45) is 3.35. The van der Waals surface area contributed by atoms with Crippen molar-refractivity contribution < 1.29 is 14.3 Å². The fourth-order valence-electron chi connectivity index (χ4n) is 2.69. The molecule has 0 aliphatic carbocycles. The van der Waals surface area contributed by atoms with Crippen LogP contribution in [0.25, 0.3) is 0 Å². The lowest BCUT2D eigenvalue weighted by molar-refractivity contribution is -0.126. The zero-order valence-electron chi connectivity index (χ0n) is 14.2. The number of piperazine rings is 1. The van der Waals surface area contributed by atoms with Crippen molar-refractivity contribution in [1.29, 1.82) is 0 Å². The molecule has 0 radical (unpaired) electrons. The van der Waals surface area contributed by atoms with Gasteiger partial charge in [-0.25, -0.2) is 4.79 Å². The van der Waals surface area contributed by atoms with Crippen molar-refractivity contribution in [3.05, 3.63) is 42.2 Å². The van der Waals surface area contributed by atoms with Gasteiger partial charge in [0.25, 0.3) is 0 Å². The molecule has 1 atom stereocenters. The van der Waals surface area contributed by atoms with E-state index in [-0.39, 0.29) is 11.9 Å². The third-order valence-corrected chi connectivity index (χ3v) is 4.15. The molecule has 0 bridgehead atoms. The first kappa shape index (κ1) is 16.8. The highest BCUT2D eigenvalue weighted by molar-refractivity contribution is 5.94. The van der Waals surface area contributed by atoms with Crippen LogP contribution in [0.15, 0.2) is 36.7 Å². The van der Waals surface area contributed by atoms with Gasteiger partial charge < -0.3 is 20.3 Å². The third kappa shape index (κ3) is 3.90. The third-order valence-electron chi connectivity index (χ3n) is 4.15. The van der Waals surface area contributed by atoms with Gasteiger partial charge in [0.15, 0.2) is 0 Å². The Morgan fingerprint density at radius 3 is 2.88 bits per heavy atom. The lowest BCUT2D eigenvalue weighted by Gasteiger charge is -2.32. The monoisotopic (exact) mass is 343 g/mol. The Labute approximate surface area is 145 Å². The maximum absolute atomic E-state index is 12.3. The summed E-state index contributed by atoms with van der Waals surface area (Å²) in [6, 6.07) is 6.93. The summed E-state index contributed by atoms with van der Waals surface area (Å²) in [5.74, 6) is 0.661. The lowest BCUT2D eigenvalue weighted by atomic mass is 10.2. The molecule has 1 aliphatic heterocycles. The van der Waals surface area contributed by atoms with Gasteiger partial charge in [0.2, 0.25) is 5.91 Å². The summed E-state index contributed by atoms with van der Waals surface area (Å²) in [6.45, 7) is 3.25. The average Bonchev–Trinajstić information content (AvgIpc) is 3.04. The van der Waals surface area contributed by atoms with Crippen LogP contribution < -0.4 is 15.4 Å². The molecule has 1 saturated heterocycles. The molecular weight excluding hydrogens is 322 g/mol. The molecule has 1 fully saturated rings. The van der Waals surface area contributed by atoms with Gasteiger partial charge in [-0.15, -0.1) is 0 Å². The van der Waals surface area contributed by atoms with Crippen LogP contribution >= 0.6 is 0 Å². The SMILES string of the molecule is COc1ccc(Cn2cc(NC(=O)N3CCNC(=O)[C@@H]3C)cn2)cc1. The minimum absolute atomic E-state index is 0.142. The van der Waals surface area contributed by atoms with Gasteiger partial charge in [0.05, 0.1) is 25.5 Å². The normalized spacial score (nSPS) is 17.1. The van der Waals surface area contributed by atoms with E-state index >= 15 is 0 Å². The Morgan fingerprint density at radius 1 is 1.40 bits per heavy atom. The number of carbonyl (C=O) groups excluding carboxylic acids is 2. The van der Waals surface area contributed by atoms with E-state index < -0.39 is 6.04 Å². The summed E-state index contributed by atoms with van der Waals surface area (Å²) in [7, 11) is 1.63. The van der Waals surface area contributed by atoms with E-state index in [9.17, 15) is 9.59 Å². The molecule has 1 aromatic heterocycles. The standard InChI is InChI=1S/C17H21N5O3/c1-12-16(23)18-7-8-22(12)17(24)20-14-9-19-21(11-14)10-13-3-5-15(25-2)6-4-13/h3-6,9,11-12H,7-8,10H2,1-2H3,(H,18,23)(H,20,24)/t12-/m0/s1. The first-order chi connectivity index (χ1) is 12.1. The summed E-state index contributed by atoms with van der Waals surface area (Å²) in [5, 5.41) is 9.78. The number of carbonyl (C=O) groups is 2. The van der Waals surface area contributed by atoms with Crippen LogP contribution in [0.3, 0.4) is 0 Å². The van der Waals surface area contributed by atoms with Gasteiger partial charge in [0.1, 0.15) is 11.8 Å². The second-order valence-corrected chi connectivity index (χ2v) is 5.87. The van der Waals surface area contributed by atoms with E-state index in [0.717, 1.165) is 11.3 Å². The lowest BCUT2D eigenvalue weighted by Crippen LogP contribution is -2.56. The molecule has 1 aliphatic rings. The number of hydrogen-bond donors (Lipinski definition) is 2. The molecule has 0 unspecified atom stereocenters. The molecule has 3 rings (SSSR count). The number of methoxy groups -OCH3 is 1. The number of ether oxygens (including phenoxy) is 1. The van der Waals surface area contributed by atoms with Gasteiger partial charge in [-0.05, 0) is 24.6 Å². The Balaban J connectivity index is 1.61. The van der Waals surface area contributed by atoms with Gasteiger partial charge >= 0.3 is 6.03 Å². The van der Waals surface area contributed by atoms with Crippen molar-refractivity contribution in [2.75, 3.05) is 25.5 Å². The molecule has 0 spiro atoms. The summed E-state index contributed by atoms with van der Waals surface area (Å²) in [4.78, 5) is 25.5. The Bertz CT molecular complexity index is 756. The summed E-state index contributed by atoms with van der Waals surface area (Å²) in [5.41, 5.74) is 1.67. The highest BCUT2D eigenvalue weighted by Crippen LogP contribution is 2.14. The number of nitrogens with one attached hydrogen (secondary N) is 2. The number of benzene rings is 1. The van der Waals surface area contributed by atoms with E-state index in [1.807, 2.05) is 24.3 Å². The first-order valence-corrected chi connectivity index (χ1v) is 8.07. The minimum atomic E-state index is -0.483. The van der Waals surface area contributed by atoms with Crippen molar-refractivity contribution in [2.45, 2.75) is 19.5 Å². The fraction of sp³-hybridized carbons (Fsp3) is 0.353. The summed E-state index contributed by atoms with van der Waals surface area (Å²) >= 11 is 0. The molecule has 2 heterocycles. The van der Waals surface area contributed by atoms with Crippen molar-refractivity contribution in [1.82, 2.24) is 20.0 Å². The van der Waals surface area contributed by atoms with Crippen LogP contribution in [0.1, 0.15) is 12.5 Å². The van der Waals surface area contributed by atoms with Crippen LogP contribution in [-0.2, 0) is 11.3 Å². The van der Waals surface area contributed by atoms with Crippen molar-refractivity contribution in [3.63, 3.8) is 0 Å². The minimum Gasteiger partial charge on any atom is -0.497 e. The fourth-order valence-corrected chi connectivity index (χ4v) is 2.69. The molecule has 132 valence electrons. The maximum Gasteiger partial charge on any atom is 0.322 e. The molecule has 8 heteroatoms. The van der Waals surface area contributed by atoms with E-state index in [2.05, 4.69) is 15.7 Å². The number of amides is 3. The predicted octanol–water partition coefficient (Wildman–Crippen LogP) is 1.29. The van der Waals surface area contributed by atoms with Crippen molar-refractivity contribution in [2.24, 2.45) is 0 Å². The van der Waals surface area contributed by atoms with Gasteiger partial charge in [-0.2, -0.15) is 5.10 Å². The topological polar surface area (TPSA) is 88.5 Å². The zero-order valence-corrected chi connectivity index (χ0v) is 14.2. The van der Waals surface area contributed by atoms with Gasteiger partial charge in [0, 0.05) is 19.3 Å². The Morgan fingerprint density at radius 2 is 2.16 bits per heavy atom. The smallest absolute Gasteiger partial charge is 0.322 e. The number of rotatable bonds is 4. The van der Waals surface area contributed by atoms with Crippen LogP contribution in [0.2, 0.25) is 0 Å². The van der Waals surface area contributed by atoms with Crippen LogP contribution in [0, 0.1) is 0 Å². The van der Waals surface area contributed by atoms with Crippen LogP contribution in [0.4, 0.5) is 10.5 Å². The van der Waals surface area contributed by atoms with Crippen LogP contribution in [-0.4, -0.2) is 52.9 Å². The highest BCUT2D eigenvalue weighted by Gasteiger charge is 2.29. The zero-order chi connectivity index (χ0) is 17.8. The molecule has 8 nitrogen and oxygen atoms in total. The van der Waals surface area contributed by atoms with Crippen molar-refractivity contribution in [3.8, 4) is 5.75 Å². The predicted molar refractivity (Wildman–Crippen MR) is 92.5 cm³/mol. The molecular formula is C17H21N5O3. The number of anilines is 1. The van der Waals surface area contributed by atoms with Gasteiger partial charge in [-0.1, -0.05) is 12.1 Å². The molecule has 1 aromatic carbocycles. The van der Waals surface area contributed by atoms with Gasteiger partial charge in [-0.3, -0.25) is 9.48 Å². The molecule has 2 aromatic rings. The quantitative estimate of drug-likeness (QED) is 0.876. The molecule has 2 N–H and O–H groups in total. The summed E-state index contributed by atoms with van der Waals surface area (Å²) < 4.78 is 6.88. The molecule has 0 saturated carbocycles. The Kier molecular flexibility index (Phi) is 4.87.